The summed E-state index contributed by atoms with van der Waals surface area (Å²) in [6.07, 6.45) is 0.951. The summed E-state index contributed by atoms with van der Waals surface area (Å²) in [7, 11) is 1.29. The number of carbonyl (C=O) groups is 1. The van der Waals surface area contributed by atoms with Crippen molar-refractivity contribution in [1.29, 1.82) is 0 Å². The van der Waals surface area contributed by atoms with E-state index in [9.17, 15) is 4.79 Å². The second-order valence-corrected chi connectivity index (χ2v) is 3.97. The van der Waals surface area contributed by atoms with Crippen molar-refractivity contribution in [2.24, 2.45) is 5.10 Å². The number of hydrogen-bond donors (Lipinski definition) is 2. The van der Waals surface area contributed by atoms with Crippen LogP contribution in [0.1, 0.15) is 5.56 Å². The van der Waals surface area contributed by atoms with E-state index in [0.717, 1.165) is 16.9 Å². The molecule has 2 N–H and O–H groups in total. The molecule has 0 radical (unpaired) electrons. The summed E-state index contributed by atoms with van der Waals surface area (Å²) < 4.78 is 4.40. The molecule has 1 amide bonds. The van der Waals surface area contributed by atoms with E-state index in [1.165, 1.54) is 7.11 Å². The molecule has 2 rings (SSSR count). The largest absolute Gasteiger partial charge is 0.452 e. The van der Waals surface area contributed by atoms with E-state index < -0.39 is 6.09 Å². The van der Waals surface area contributed by atoms with Gasteiger partial charge in [-0.1, -0.05) is 30.3 Å². The summed E-state index contributed by atoms with van der Waals surface area (Å²) in [6.45, 7) is 0. The maximum Gasteiger partial charge on any atom is 0.427 e. The average Bonchev–Trinajstić information content (AvgIpc) is 2.50. The molecule has 0 aliphatic heterocycles. The van der Waals surface area contributed by atoms with Crippen molar-refractivity contribution in [2.75, 3.05) is 12.4 Å². The van der Waals surface area contributed by atoms with Gasteiger partial charge in [0.1, 0.15) is 0 Å². The lowest BCUT2D eigenvalue weighted by molar-refractivity contribution is 0.171. The van der Waals surface area contributed by atoms with Crippen LogP contribution in [-0.2, 0) is 4.74 Å². The van der Waals surface area contributed by atoms with Crippen LogP contribution in [0.3, 0.4) is 0 Å². The van der Waals surface area contributed by atoms with Gasteiger partial charge in [0.05, 0.1) is 13.3 Å². The van der Waals surface area contributed by atoms with Crippen molar-refractivity contribution in [2.45, 2.75) is 0 Å². The number of ether oxygens (including phenoxy) is 1. The smallest absolute Gasteiger partial charge is 0.427 e. The van der Waals surface area contributed by atoms with Gasteiger partial charge in [-0.2, -0.15) is 5.10 Å². The molecule has 0 aliphatic carbocycles. The quantitative estimate of drug-likeness (QED) is 0.662. The Morgan fingerprint density at radius 2 is 1.70 bits per heavy atom. The summed E-state index contributed by atoms with van der Waals surface area (Å²) in [5, 5.41) is 7.04. The predicted molar refractivity (Wildman–Crippen MR) is 79.3 cm³/mol. The van der Waals surface area contributed by atoms with Gasteiger partial charge >= 0.3 is 6.09 Å². The molecule has 2 aromatic rings. The molecular weight excluding hydrogens is 254 g/mol. The summed E-state index contributed by atoms with van der Waals surface area (Å²) in [5.74, 6) is 0. The Labute approximate surface area is 117 Å². The van der Waals surface area contributed by atoms with Crippen LogP contribution in [0.4, 0.5) is 16.2 Å². The number of para-hydroxylation sites is 1. The minimum absolute atomic E-state index is 0.594. The lowest BCUT2D eigenvalue weighted by Crippen LogP contribution is -2.16. The van der Waals surface area contributed by atoms with Crippen molar-refractivity contribution < 1.29 is 9.53 Å². The van der Waals surface area contributed by atoms with Gasteiger partial charge in [-0.05, 0) is 29.8 Å². The third kappa shape index (κ3) is 4.13. The number of hydrazone groups is 1. The Bertz CT molecular complexity index is 580. The zero-order valence-corrected chi connectivity index (χ0v) is 11.0. The molecule has 102 valence electrons. The molecule has 5 nitrogen and oxygen atoms in total. The summed E-state index contributed by atoms with van der Waals surface area (Å²) in [6, 6.07) is 17.6. The van der Waals surface area contributed by atoms with Gasteiger partial charge < -0.3 is 10.1 Å². The maximum atomic E-state index is 10.8. The zero-order valence-electron chi connectivity index (χ0n) is 11.0. The minimum atomic E-state index is -0.594. The lowest BCUT2D eigenvalue weighted by Gasteiger charge is -2.06. The standard InChI is InChI=1S/C15H15N3O2/c1-20-15(19)18-16-11-12-7-9-14(10-8-12)17-13-5-3-2-4-6-13/h2-11,17H,1H3,(H,18,19)/b16-11+. The van der Waals surface area contributed by atoms with Crippen molar-refractivity contribution in [3.63, 3.8) is 0 Å². The van der Waals surface area contributed by atoms with Gasteiger partial charge in [-0.25, -0.2) is 10.2 Å². The van der Waals surface area contributed by atoms with Crippen molar-refractivity contribution in [1.82, 2.24) is 5.43 Å². The molecule has 0 aromatic heterocycles. The molecule has 2 aromatic carbocycles. The fourth-order valence-corrected chi connectivity index (χ4v) is 1.55. The number of carbonyl (C=O) groups excluding carboxylic acids is 1. The van der Waals surface area contributed by atoms with Gasteiger partial charge in [-0.15, -0.1) is 0 Å². The number of benzene rings is 2. The van der Waals surface area contributed by atoms with E-state index in [1.54, 1.807) is 6.21 Å². The maximum absolute atomic E-state index is 10.8. The van der Waals surface area contributed by atoms with Crippen LogP contribution in [0.15, 0.2) is 59.7 Å². The number of anilines is 2. The Kier molecular flexibility index (Phi) is 4.72. The van der Waals surface area contributed by atoms with Crippen LogP contribution in [0.5, 0.6) is 0 Å². The monoisotopic (exact) mass is 269 g/mol. The molecule has 0 fully saturated rings. The number of nitrogens with one attached hydrogen (secondary N) is 2. The van der Waals surface area contributed by atoms with Gasteiger partial charge in [0.25, 0.3) is 0 Å². The Morgan fingerprint density at radius 3 is 2.35 bits per heavy atom. The van der Waals surface area contributed by atoms with Crippen LogP contribution in [0.25, 0.3) is 0 Å². The van der Waals surface area contributed by atoms with E-state index in [4.69, 9.17) is 0 Å². The van der Waals surface area contributed by atoms with Crippen molar-refractivity contribution in [3.8, 4) is 0 Å². The molecule has 0 saturated heterocycles. The number of nitrogens with zero attached hydrogens (tertiary/aromatic N) is 1. The third-order valence-corrected chi connectivity index (χ3v) is 2.53. The Balaban J connectivity index is 1.94. The molecule has 0 aliphatic rings. The average molecular weight is 269 g/mol. The highest BCUT2D eigenvalue weighted by molar-refractivity contribution is 5.81. The van der Waals surface area contributed by atoms with E-state index in [-0.39, 0.29) is 0 Å². The van der Waals surface area contributed by atoms with Crippen molar-refractivity contribution in [3.05, 3.63) is 60.2 Å². The first-order valence-corrected chi connectivity index (χ1v) is 6.07. The van der Waals surface area contributed by atoms with Gasteiger partial charge in [0.15, 0.2) is 0 Å². The van der Waals surface area contributed by atoms with E-state index in [0.29, 0.717) is 0 Å². The molecule has 0 heterocycles. The fourth-order valence-electron chi connectivity index (χ4n) is 1.55. The number of hydrogen-bond acceptors (Lipinski definition) is 4. The normalized spacial score (nSPS) is 10.2. The highest BCUT2D eigenvalue weighted by Crippen LogP contribution is 2.15. The molecule has 0 bridgehead atoms. The van der Waals surface area contributed by atoms with E-state index in [2.05, 4.69) is 20.6 Å². The van der Waals surface area contributed by atoms with Gasteiger partial charge in [0.2, 0.25) is 0 Å². The zero-order chi connectivity index (χ0) is 14.2. The summed E-state index contributed by atoms with van der Waals surface area (Å²) in [5.41, 5.74) is 5.11. The summed E-state index contributed by atoms with van der Waals surface area (Å²) in [4.78, 5) is 10.8. The molecule has 0 saturated carbocycles. The first-order valence-electron chi connectivity index (χ1n) is 6.07. The minimum Gasteiger partial charge on any atom is -0.452 e. The first kappa shape index (κ1) is 13.6. The van der Waals surface area contributed by atoms with Gasteiger partial charge in [0, 0.05) is 11.4 Å². The number of rotatable bonds is 4. The molecular formula is C15H15N3O2. The topological polar surface area (TPSA) is 62.7 Å². The van der Waals surface area contributed by atoms with E-state index in [1.807, 2.05) is 54.6 Å². The lowest BCUT2D eigenvalue weighted by atomic mass is 10.2. The summed E-state index contributed by atoms with van der Waals surface area (Å²) >= 11 is 0. The van der Waals surface area contributed by atoms with Gasteiger partial charge in [-0.3, -0.25) is 0 Å². The number of methoxy groups -OCH3 is 1. The Morgan fingerprint density at radius 1 is 1.05 bits per heavy atom. The van der Waals surface area contributed by atoms with Crippen LogP contribution < -0.4 is 10.7 Å². The SMILES string of the molecule is COC(=O)N/N=C/c1ccc(Nc2ccccc2)cc1. The highest BCUT2D eigenvalue weighted by Gasteiger charge is 1.95. The molecule has 0 atom stereocenters. The fraction of sp³-hybridized carbons (Fsp3) is 0.0667. The third-order valence-electron chi connectivity index (χ3n) is 2.53. The van der Waals surface area contributed by atoms with Crippen molar-refractivity contribution >= 4 is 23.7 Å². The van der Waals surface area contributed by atoms with Crippen LogP contribution >= 0.6 is 0 Å². The predicted octanol–water partition coefficient (Wildman–Crippen LogP) is 3.12. The van der Waals surface area contributed by atoms with Crippen LogP contribution in [-0.4, -0.2) is 19.4 Å². The van der Waals surface area contributed by atoms with Crippen LogP contribution in [0, 0.1) is 0 Å². The number of amides is 1. The Hall–Kier alpha value is -2.82. The molecule has 0 spiro atoms. The second kappa shape index (κ2) is 6.94. The van der Waals surface area contributed by atoms with Crippen LogP contribution in [0.2, 0.25) is 0 Å². The molecule has 20 heavy (non-hydrogen) atoms. The molecule has 0 unspecified atom stereocenters. The highest BCUT2D eigenvalue weighted by atomic mass is 16.5. The molecule has 5 heteroatoms. The second-order valence-electron chi connectivity index (χ2n) is 3.97. The van der Waals surface area contributed by atoms with E-state index >= 15 is 0 Å². The first-order chi connectivity index (χ1) is 9.78.